The van der Waals surface area contributed by atoms with E-state index in [0.717, 1.165) is 29.8 Å². The third-order valence-electron chi connectivity index (χ3n) is 3.53. The van der Waals surface area contributed by atoms with Crippen molar-refractivity contribution in [3.05, 3.63) is 59.9 Å². The largest absolute Gasteiger partial charge is 0.370 e. The summed E-state index contributed by atoms with van der Waals surface area (Å²) in [7, 11) is 0. The normalized spacial score (nSPS) is 10.7. The van der Waals surface area contributed by atoms with E-state index in [-0.39, 0.29) is 29.9 Å². The van der Waals surface area contributed by atoms with Gasteiger partial charge in [-0.05, 0) is 36.2 Å². The Morgan fingerprint density at radius 2 is 2.08 bits per heavy atom. The molecule has 1 aromatic heterocycles. The highest BCUT2D eigenvalue weighted by atomic mass is 127. The van der Waals surface area contributed by atoms with Crippen molar-refractivity contribution in [2.45, 2.75) is 32.7 Å². The van der Waals surface area contributed by atoms with Gasteiger partial charge in [0.1, 0.15) is 0 Å². The lowest BCUT2D eigenvalue weighted by molar-refractivity contribution is -0.116. The number of nitrogens with zero attached hydrogens (tertiary/aromatic N) is 2. The van der Waals surface area contributed by atoms with Crippen molar-refractivity contribution in [2.75, 3.05) is 11.9 Å². The van der Waals surface area contributed by atoms with Gasteiger partial charge in [0.2, 0.25) is 5.91 Å². The first-order valence-electron chi connectivity index (χ1n) is 8.50. The van der Waals surface area contributed by atoms with Crippen LogP contribution in [0.25, 0.3) is 0 Å². The number of pyridine rings is 1. The number of benzene rings is 1. The van der Waals surface area contributed by atoms with Gasteiger partial charge in [-0.2, -0.15) is 0 Å². The summed E-state index contributed by atoms with van der Waals surface area (Å²) >= 11 is 0. The Morgan fingerprint density at radius 3 is 2.81 bits per heavy atom. The summed E-state index contributed by atoms with van der Waals surface area (Å²) in [4.78, 5) is 20.2. The van der Waals surface area contributed by atoms with Crippen LogP contribution >= 0.6 is 24.0 Å². The van der Waals surface area contributed by atoms with E-state index in [1.807, 2.05) is 49.4 Å². The van der Waals surface area contributed by atoms with Crippen molar-refractivity contribution >= 4 is 41.5 Å². The third-order valence-corrected chi connectivity index (χ3v) is 3.53. The van der Waals surface area contributed by atoms with Gasteiger partial charge in [0.25, 0.3) is 0 Å². The molecule has 0 saturated heterocycles. The zero-order valence-electron chi connectivity index (χ0n) is 14.9. The van der Waals surface area contributed by atoms with Crippen LogP contribution in [0.5, 0.6) is 0 Å². The minimum Gasteiger partial charge on any atom is -0.370 e. The predicted octanol–water partition coefficient (Wildman–Crippen LogP) is 3.09. The molecule has 0 radical (unpaired) electrons. The van der Waals surface area contributed by atoms with Crippen LogP contribution in [0.15, 0.2) is 53.7 Å². The average molecular weight is 467 g/mol. The van der Waals surface area contributed by atoms with E-state index in [9.17, 15) is 4.79 Å². The maximum Gasteiger partial charge on any atom is 0.224 e. The maximum absolute atomic E-state index is 11.7. The van der Waals surface area contributed by atoms with Gasteiger partial charge in [-0.15, -0.1) is 24.0 Å². The summed E-state index contributed by atoms with van der Waals surface area (Å²) in [6, 6.07) is 13.5. The van der Waals surface area contributed by atoms with Gasteiger partial charge in [0.05, 0.1) is 6.54 Å². The molecule has 2 rings (SSSR count). The van der Waals surface area contributed by atoms with E-state index in [1.165, 1.54) is 0 Å². The highest BCUT2D eigenvalue weighted by Crippen LogP contribution is 2.12. The molecule has 0 atom stereocenters. The van der Waals surface area contributed by atoms with Crippen molar-refractivity contribution in [1.82, 2.24) is 10.3 Å². The molecule has 7 heteroatoms. The Bertz CT molecular complexity index is 706. The highest BCUT2D eigenvalue weighted by molar-refractivity contribution is 14.0. The standard InChI is InChI=1S/C19H25N5O.HI/c1-2-6-18(25)24-17-9-5-7-15(13-17)14-23-19(20)22-12-10-16-8-3-4-11-21-16;/h3-5,7-9,11,13H,2,6,10,12,14H2,1H3,(H,24,25)(H3,20,22,23);1H. The molecule has 4 N–H and O–H groups in total. The minimum atomic E-state index is 0. The van der Waals surface area contributed by atoms with Crippen molar-refractivity contribution in [3.63, 3.8) is 0 Å². The summed E-state index contributed by atoms with van der Waals surface area (Å²) in [5, 5.41) is 5.97. The molecular formula is C19H26IN5O. The molecule has 0 aliphatic carbocycles. The summed E-state index contributed by atoms with van der Waals surface area (Å²) in [5.74, 6) is 0.426. The number of amides is 1. The molecule has 26 heavy (non-hydrogen) atoms. The minimum absolute atomic E-state index is 0. The number of guanidine groups is 1. The first-order chi connectivity index (χ1) is 12.2. The lowest BCUT2D eigenvalue weighted by Crippen LogP contribution is -2.33. The summed E-state index contributed by atoms with van der Waals surface area (Å²) in [5.41, 5.74) is 8.68. The zero-order valence-corrected chi connectivity index (χ0v) is 17.3. The molecule has 0 bridgehead atoms. The van der Waals surface area contributed by atoms with E-state index >= 15 is 0 Å². The Kier molecular flexibility index (Phi) is 10.3. The Balaban J connectivity index is 0.00000338. The molecule has 0 spiro atoms. The van der Waals surface area contributed by atoms with Gasteiger partial charge in [-0.3, -0.25) is 9.78 Å². The van der Waals surface area contributed by atoms with Gasteiger partial charge < -0.3 is 16.4 Å². The SMILES string of the molecule is CCCC(=O)Nc1cccc(CN=C(N)NCCc2ccccn2)c1.I. The van der Waals surface area contributed by atoms with E-state index in [0.29, 0.717) is 25.5 Å². The molecule has 0 aliphatic heterocycles. The van der Waals surface area contributed by atoms with Crippen LogP contribution in [-0.2, 0) is 17.8 Å². The molecule has 0 unspecified atom stereocenters. The highest BCUT2D eigenvalue weighted by Gasteiger charge is 2.02. The van der Waals surface area contributed by atoms with Gasteiger partial charge >= 0.3 is 0 Å². The van der Waals surface area contributed by atoms with Gasteiger partial charge in [-0.25, -0.2) is 4.99 Å². The van der Waals surface area contributed by atoms with E-state index < -0.39 is 0 Å². The number of anilines is 1. The summed E-state index contributed by atoms with van der Waals surface area (Å²) in [6.45, 7) is 3.12. The molecule has 0 saturated carbocycles. The Morgan fingerprint density at radius 1 is 1.23 bits per heavy atom. The monoisotopic (exact) mass is 467 g/mol. The quantitative estimate of drug-likeness (QED) is 0.316. The van der Waals surface area contributed by atoms with Crippen LogP contribution in [0, 0.1) is 0 Å². The third kappa shape index (κ3) is 8.28. The van der Waals surface area contributed by atoms with E-state index in [2.05, 4.69) is 20.6 Å². The number of hydrogen-bond donors (Lipinski definition) is 3. The molecule has 2 aromatic rings. The summed E-state index contributed by atoms with van der Waals surface area (Å²) in [6.07, 6.45) is 3.92. The van der Waals surface area contributed by atoms with Crippen molar-refractivity contribution in [1.29, 1.82) is 0 Å². The molecule has 0 fully saturated rings. The average Bonchev–Trinajstić information content (AvgIpc) is 2.61. The molecule has 1 heterocycles. The van der Waals surface area contributed by atoms with Crippen LogP contribution in [-0.4, -0.2) is 23.4 Å². The predicted molar refractivity (Wildman–Crippen MR) is 117 cm³/mol. The second-order valence-corrected chi connectivity index (χ2v) is 5.70. The molecule has 6 nitrogen and oxygen atoms in total. The number of nitrogens with one attached hydrogen (secondary N) is 2. The Hall–Kier alpha value is -2.16. The fourth-order valence-electron chi connectivity index (χ4n) is 2.29. The molecule has 1 amide bonds. The summed E-state index contributed by atoms with van der Waals surface area (Å²) < 4.78 is 0. The number of hydrogen-bond acceptors (Lipinski definition) is 3. The topological polar surface area (TPSA) is 92.4 Å². The number of nitrogens with two attached hydrogens (primary N) is 1. The maximum atomic E-state index is 11.7. The van der Waals surface area contributed by atoms with Crippen LogP contribution in [0.1, 0.15) is 31.0 Å². The fourth-order valence-corrected chi connectivity index (χ4v) is 2.29. The number of rotatable bonds is 8. The molecule has 140 valence electrons. The first kappa shape index (κ1) is 21.9. The van der Waals surface area contributed by atoms with Crippen molar-refractivity contribution in [3.8, 4) is 0 Å². The molecule has 0 aliphatic rings. The van der Waals surface area contributed by atoms with Crippen LogP contribution in [0.2, 0.25) is 0 Å². The van der Waals surface area contributed by atoms with Crippen LogP contribution in [0.3, 0.4) is 0 Å². The lowest BCUT2D eigenvalue weighted by Gasteiger charge is -2.07. The van der Waals surface area contributed by atoms with Gasteiger partial charge in [-0.1, -0.05) is 25.1 Å². The van der Waals surface area contributed by atoms with Crippen LogP contribution < -0.4 is 16.4 Å². The van der Waals surface area contributed by atoms with Crippen molar-refractivity contribution < 1.29 is 4.79 Å². The number of aromatic nitrogens is 1. The molecule has 1 aromatic carbocycles. The smallest absolute Gasteiger partial charge is 0.224 e. The number of aliphatic imine (C=N–C) groups is 1. The Labute approximate surface area is 171 Å². The number of carbonyl (C=O) groups excluding carboxylic acids is 1. The number of halogens is 1. The van der Waals surface area contributed by atoms with Gasteiger partial charge in [0, 0.05) is 37.0 Å². The van der Waals surface area contributed by atoms with Crippen LogP contribution in [0.4, 0.5) is 5.69 Å². The fraction of sp³-hybridized carbons (Fsp3) is 0.316. The lowest BCUT2D eigenvalue weighted by atomic mass is 10.2. The van der Waals surface area contributed by atoms with Crippen molar-refractivity contribution in [2.24, 2.45) is 10.7 Å². The van der Waals surface area contributed by atoms with Gasteiger partial charge in [0.15, 0.2) is 5.96 Å². The van der Waals surface area contributed by atoms with E-state index in [1.54, 1.807) is 6.20 Å². The zero-order chi connectivity index (χ0) is 17.9. The second-order valence-electron chi connectivity index (χ2n) is 5.70. The number of carbonyl (C=O) groups is 1. The first-order valence-corrected chi connectivity index (χ1v) is 8.50. The molecular weight excluding hydrogens is 441 g/mol. The second kappa shape index (κ2) is 12.2. The van der Waals surface area contributed by atoms with E-state index in [4.69, 9.17) is 5.73 Å².